The fourth-order valence-corrected chi connectivity index (χ4v) is 2.34. The maximum absolute atomic E-state index is 6.00. The van der Waals surface area contributed by atoms with Crippen LogP contribution in [-0.2, 0) is 4.74 Å². The molecule has 0 N–H and O–H groups in total. The summed E-state index contributed by atoms with van der Waals surface area (Å²) in [6, 6.07) is 0. The molecule has 1 fully saturated rings. The Morgan fingerprint density at radius 1 is 1.32 bits per heavy atom. The minimum atomic E-state index is 0.238. The van der Waals surface area contributed by atoms with Gasteiger partial charge in [-0.3, -0.25) is 0 Å². The molecule has 19 heavy (non-hydrogen) atoms. The van der Waals surface area contributed by atoms with Gasteiger partial charge in [-0.1, -0.05) is 0 Å². The molecule has 0 saturated carbocycles. The highest BCUT2D eigenvalue weighted by atomic mass is 35.5. The summed E-state index contributed by atoms with van der Waals surface area (Å²) in [5.41, 5.74) is 0. The third kappa shape index (κ3) is 4.09. The van der Waals surface area contributed by atoms with Gasteiger partial charge < -0.3 is 14.5 Å². The van der Waals surface area contributed by atoms with Gasteiger partial charge in [0.1, 0.15) is 0 Å². The van der Waals surface area contributed by atoms with Crippen LogP contribution < -0.4 is 9.80 Å². The lowest BCUT2D eigenvalue weighted by atomic mass is 10.4. The van der Waals surface area contributed by atoms with Gasteiger partial charge in [0.25, 0.3) is 0 Å². The van der Waals surface area contributed by atoms with E-state index in [9.17, 15) is 0 Å². The smallest absolute Gasteiger partial charge is 0.231 e. The number of hydrogen-bond donors (Lipinski definition) is 0. The molecule has 1 aliphatic rings. The number of halogens is 1. The SMILES string of the molecule is CSCCN(C)c1nc(Cl)nc(N2CCOCC2)n1. The molecule has 6 nitrogen and oxygen atoms in total. The Labute approximate surface area is 122 Å². The van der Waals surface area contributed by atoms with Crippen molar-refractivity contribution in [1.82, 2.24) is 15.0 Å². The van der Waals surface area contributed by atoms with Crippen LogP contribution in [0.4, 0.5) is 11.9 Å². The molecular weight excluding hydrogens is 286 g/mol. The number of thioether (sulfide) groups is 1. The molecule has 0 atom stereocenters. The molecule has 0 bridgehead atoms. The van der Waals surface area contributed by atoms with Gasteiger partial charge in [-0.25, -0.2) is 0 Å². The topological polar surface area (TPSA) is 54.4 Å². The van der Waals surface area contributed by atoms with Crippen LogP contribution in [0, 0.1) is 0 Å². The Hall–Kier alpha value is -0.790. The van der Waals surface area contributed by atoms with E-state index in [0.29, 0.717) is 25.1 Å². The number of ether oxygens (including phenoxy) is 1. The lowest BCUT2D eigenvalue weighted by Gasteiger charge is -2.27. The highest BCUT2D eigenvalue weighted by molar-refractivity contribution is 7.98. The highest BCUT2D eigenvalue weighted by Crippen LogP contribution is 2.17. The van der Waals surface area contributed by atoms with Crippen LogP contribution in [0.15, 0.2) is 0 Å². The van der Waals surface area contributed by atoms with Crippen molar-refractivity contribution in [2.45, 2.75) is 0 Å². The number of aromatic nitrogens is 3. The predicted molar refractivity (Wildman–Crippen MR) is 79.5 cm³/mol. The normalized spacial score (nSPS) is 15.6. The Balaban J connectivity index is 2.13. The number of nitrogens with zero attached hydrogens (tertiary/aromatic N) is 5. The second kappa shape index (κ2) is 7.12. The van der Waals surface area contributed by atoms with Crippen molar-refractivity contribution < 1.29 is 4.74 Å². The van der Waals surface area contributed by atoms with Crippen molar-refractivity contribution >= 4 is 35.3 Å². The van der Waals surface area contributed by atoms with Crippen molar-refractivity contribution in [2.24, 2.45) is 0 Å². The fourth-order valence-electron chi connectivity index (χ4n) is 1.73. The van der Waals surface area contributed by atoms with E-state index in [0.717, 1.165) is 25.4 Å². The first-order valence-corrected chi connectivity index (χ1v) is 7.92. The van der Waals surface area contributed by atoms with Crippen LogP contribution >= 0.6 is 23.4 Å². The molecule has 0 aromatic carbocycles. The minimum absolute atomic E-state index is 0.238. The van der Waals surface area contributed by atoms with Crippen LogP contribution in [0.5, 0.6) is 0 Å². The standard InChI is InChI=1S/C11H18ClN5OS/c1-16(5-8-19-2)10-13-9(12)14-11(15-10)17-3-6-18-7-4-17/h3-8H2,1-2H3. The molecule has 0 aliphatic carbocycles. The van der Waals surface area contributed by atoms with Crippen molar-refractivity contribution in [3.05, 3.63) is 5.28 Å². The molecule has 1 aliphatic heterocycles. The first kappa shape index (κ1) is 14.6. The summed E-state index contributed by atoms with van der Waals surface area (Å²) < 4.78 is 5.32. The Morgan fingerprint density at radius 3 is 2.74 bits per heavy atom. The molecule has 106 valence electrons. The molecule has 1 saturated heterocycles. The Bertz CT molecular complexity index is 416. The van der Waals surface area contributed by atoms with Crippen molar-refractivity contribution in [2.75, 3.05) is 61.7 Å². The van der Waals surface area contributed by atoms with E-state index in [1.54, 1.807) is 11.8 Å². The summed E-state index contributed by atoms with van der Waals surface area (Å²) in [5, 5.41) is 0.238. The van der Waals surface area contributed by atoms with E-state index in [4.69, 9.17) is 16.3 Å². The van der Waals surface area contributed by atoms with Crippen LogP contribution in [0.3, 0.4) is 0 Å². The average molecular weight is 304 g/mol. The second-order valence-electron chi connectivity index (χ2n) is 4.22. The molecule has 0 radical (unpaired) electrons. The maximum atomic E-state index is 6.00. The molecule has 0 spiro atoms. The van der Waals surface area contributed by atoms with E-state index >= 15 is 0 Å². The van der Waals surface area contributed by atoms with Crippen LogP contribution in [0.25, 0.3) is 0 Å². The Morgan fingerprint density at radius 2 is 2.05 bits per heavy atom. The van der Waals surface area contributed by atoms with Crippen LogP contribution in [0.1, 0.15) is 0 Å². The number of rotatable bonds is 5. The van der Waals surface area contributed by atoms with Gasteiger partial charge in [-0.15, -0.1) is 0 Å². The zero-order chi connectivity index (χ0) is 13.7. The van der Waals surface area contributed by atoms with Gasteiger partial charge in [0.15, 0.2) is 0 Å². The van der Waals surface area contributed by atoms with Gasteiger partial charge in [0.2, 0.25) is 17.2 Å². The first-order valence-electron chi connectivity index (χ1n) is 6.15. The molecule has 8 heteroatoms. The van der Waals surface area contributed by atoms with E-state index < -0.39 is 0 Å². The molecule has 1 aromatic heterocycles. The van der Waals surface area contributed by atoms with Gasteiger partial charge in [0, 0.05) is 32.4 Å². The van der Waals surface area contributed by atoms with Gasteiger partial charge in [0.05, 0.1) is 13.2 Å². The second-order valence-corrected chi connectivity index (χ2v) is 5.54. The molecule has 1 aromatic rings. The molecule has 0 amide bonds. The summed E-state index contributed by atoms with van der Waals surface area (Å²) in [5.74, 6) is 2.28. The van der Waals surface area contributed by atoms with Gasteiger partial charge in [-0.2, -0.15) is 26.7 Å². The van der Waals surface area contributed by atoms with Gasteiger partial charge >= 0.3 is 0 Å². The van der Waals surface area contributed by atoms with E-state index in [1.807, 2.05) is 11.9 Å². The molecular formula is C11H18ClN5OS. The quantitative estimate of drug-likeness (QED) is 0.809. The van der Waals surface area contributed by atoms with Crippen LogP contribution in [0.2, 0.25) is 5.28 Å². The lowest BCUT2D eigenvalue weighted by molar-refractivity contribution is 0.122. The largest absolute Gasteiger partial charge is 0.378 e. The number of morpholine rings is 1. The summed E-state index contributed by atoms with van der Waals surface area (Å²) in [4.78, 5) is 16.9. The minimum Gasteiger partial charge on any atom is -0.378 e. The van der Waals surface area contributed by atoms with Crippen molar-refractivity contribution in [3.63, 3.8) is 0 Å². The number of anilines is 2. The predicted octanol–water partition coefficient (Wildman–Crippen LogP) is 1.16. The third-order valence-electron chi connectivity index (χ3n) is 2.85. The number of hydrogen-bond acceptors (Lipinski definition) is 7. The zero-order valence-corrected chi connectivity index (χ0v) is 12.7. The van der Waals surface area contributed by atoms with E-state index in [-0.39, 0.29) is 5.28 Å². The monoisotopic (exact) mass is 303 g/mol. The maximum Gasteiger partial charge on any atom is 0.231 e. The lowest BCUT2D eigenvalue weighted by Crippen LogP contribution is -2.37. The Kier molecular flexibility index (Phi) is 5.47. The summed E-state index contributed by atoms with van der Waals surface area (Å²) in [7, 11) is 1.96. The highest BCUT2D eigenvalue weighted by Gasteiger charge is 2.17. The molecule has 2 rings (SSSR count). The van der Waals surface area contributed by atoms with Crippen molar-refractivity contribution in [3.8, 4) is 0 Å². The fraction of sp³-hybridized carbons (Fsp3) is 0.727. The molecule has 2 heterocycles. The van der Waals surface area contributed by atoms with Gasteiger partial charge in [-0.05, 0) is 17.9 Å². The van der Waals surface area contributed by atoms with Crippen LogP contribution in [-0.4, -0.2) is 66.9 Å². The third-order valence-corrected chi connectivity index (χ3v) is 3.61. The zero-order valence-electron chi connectivity index (χ0n) is 11.2. The van der Waals surface area contributed by atoms with Crippen molar-refractivity contribution in [1.29, 1.82) is 0 Å². The summed E-state index contributed by atoms with van der Waals surface area (Å²) in [6.07, 6.45) is 2.08. The molecule has 0 unspecified atom stereocenters. The summed E-state index contributed by atoms with van der Waals surface area (Å²) >= 11 is 7.78. The summed E-state index contributed by atoms with van der Waals surface area (Å²) in [6.45, 7) is 3.84. The van der Waals surface area contributed by atoms with E-state index in [2.05, 4.69) is 26.1 Å². The average Bonchev–Trinajstić information content (AvgIpc) is 2.45. The van der Waals surface area contributed by atoms with E-state index in [1.165, 1.54) is 0 Å². The first-order chi connectivity index (χ1) is 9.20.